The Bertz CT molecular complexity index is 532. The number of benzene rings is 1. The molecule has 1 aromatic heterocycles. The van der Waals surface area contributed by atoms with Crippen molar-refractivity contribution in [3.05, 3.63) is 36.0 Å². The summed E-state index contributed by atoms with van der Waals surface area (Å²) in [6, 6.07) is 8.55. The van der Waals surface area contributed by atoms with Gasteiger partial charge in [0.05, 0.1) is 0 Å². The zero-order chi connectivity index (χ0) is 13.1. The molecular formula is C16H23N3. The lowest BCUT2D eigenvalue weighted by atomic mass is 9.98. The number of para-hydroxylation sites is 1. The summed E-state index contributed by atoms with van der Waals surface area (Å²) in [5.41, 5.74) is 8.48. The summed E-state index contributed by atoms with van der Waals surface area (Å²) in [5.74, 6) is 0.705. The van der Waals surface area contributed by atoms with Gasteiger partial charge in [-0.3, -0.25) is 0 Å². The summed E-state index contributed by atoms with van der Waals surface area (Å²) < 4.78 is 0. The third kappa shape index (κ3) is 2.82. The number of rotatable bonds is 4. The Kier molecular flexibility index (Phi) is 3.85. The van der Waals surface area contributed by atoms with Crippen molar-refractivity contribution in [1.82, 2.24) is 9.88 Å². The quantitative estimate of drug-likeness (QED) is 0.883. The molecule has 0 radical (unpaired) electrons. The maximum atomic E-state index is 5.80. The van der Waals surface area contributed by atoms with Crippen LogP contribution in [0.25, 0.3) is 10.9 Å². The second-order valence-electron chi connectivity index (χ2n) is 5.65. The van der Waals surface area contributed by atoms with Crippen LogP contribution in [0, 0.1) is 5.92 Å². The predicted molar refractivity (Wildman–Crippen MR) is 80.2 cm³/mol. The van der Waals surface area contributed by atoms with Crippen LogP contribution in [0.5, 0.6) is 0 Å². The number of hydrogen-bond acceptors (Lipinski definition) is 2. The van der Waals surface area contributed by atoms with Gasteiger partial charge in [-0.1, -0.05) is 18.2 Å². The minimum atomic E-state index is 0.705. The molecule has 1 aromatic carbocycles. The Labute approximate surface area is 114 Å². The van der Waals surface area contributed by atoms with E-state index in [0.717, 1.165) is 19.5 Å². The molecule has 0 amide bonds. The zero-order valence-electron chi connectivity index (χ0n) is 11.4. The monoisotopic (exact) mass is 257 g/mol. The second-order valence-corrected chi connectivity index (χ2v) is 5.65. The third-order valence-electron chi connectivity index (χ3n) is 4.31. The fourth-order valence-electron chi connectivity index (χ4n) is 3.16. The Balaban J connectivity index is 1.63. The molecule has 102 valence electrons. The number of aromatic nitrogens is 1. The highest BCUT2D eigenvalue weighted by Crippen LogP contribution is 2.20. The summed E-state index contributed by atoms with van der Waals surface area (Å²) >= 11 is 0. The molecular weight excluding hydrogens is 234 g/mol. The van der Waals surface area contributed by atoms with E-state index in [2.05, 4.69) is 40.3 Å². The van der Waals surface area contributed by atoms with Crippen molar-refractivity contribution in [2.75, 3.05) is 26.2 Å². The van der Waals surface area contributed by atoms with Crippen LogP contribution in [0.2, 0.25) is 0 Å². The lowest BCUT2D eigenvalue weighted by Gasteiger charge is -2.32. The Hall–Kier alpha value is -1.32. The van der Waals surface area contributed by atoms with Gasteiger partial charge in [-0.2, -0.15) is 0 Å². The van der Waals surface area contributed by atoms with Crippen LogP contribution >= 0.6 is 0 Å². The lowest BCUT2D eigenvalue weighted by Crippen LogP contribution is -2.39. The van der Waals surface area contributed by atoms with Gasteiger partial charge in [0.1, 0.15) is 0 Å². The summed E-state index contributed by atoms with van der Waals surface area (Å²) in [7, 11) is 0. The molecule has 3 nitrogen and oxygen atoms in total. The van der Waals surface area contributed by atoms with Crippen LogP contribution in [0.1, 0.15) is 18.4 Å². The lowest BCUT2D eigenvalue weighted by molar-refractivity contribution is 0.180. The number of piperidine rings is 1. The molecule has 3 N–H and O–H groups in total. The van der Waals surface area contributed by atoms with Crippen molar-refractivity contribution >= 4 is 10.9 Å². The molecule has 2 aromatic rings. The molecule has 3 rings (SSSR count). The zero-order valence-corrected chi connectivity index (χ0v) is 11.4. The predicted octanol–water partition coefficient (Wildman–Crippen LogP) is 2.38. The maximum Gasteiger partial charge on any atom is 0.0456 e. The van der Waals surface area contributed by atoms with Crippen LogP contribution in [0.3, 0.4) is 0 Å². The smallest absolute Gasteiger partial charge is 0.0456 e. The van der Waals surface area contributed by atoms with Crippen molar-refractivity contribution in [3.8, 4) is 0 Å². The van der Waals surface area contributed by atoms with Gasteiger partial charge in [0, 0.05) is 30.2 Å². The Morgan fingerprint density at radius 2 is 2.21 bits per heavy atom. The standard InChI is InChI=1S/C16H23N3/c17-10-13-4-3-8-19(12-13)9-7-14-11-18-16-6-2-1-5-15(14)16/h1-2,5-6,11,13,18H,3-4,7-10,12,17H2. The van der Waals surface area contributed by atoms with Crippen molar-refractivity contribution in [2.24, 2.45) is 11.7 Å². The number of hydrogen-bond donors (Lipinski definition) is 2. The van der Waals surface area contributed by atoms with Gasteiger partial charge in [-0.15, -0.1) is 0 Å². The minimum Gasteiger partial charge on any atom is -0.361 e. The summed E-state index contributed by atoms with van der Waals surface area (Å²) in [6.07, 6.45) is 5.90. The van der Waals surface area contributed by atoms with E-state index in [-0.39, 0.29) is 0 Å². The highest BCUT2D eigenvalue weighted by atomic mass is 15.1. The number of fused-ring (bicyclic) bond motifs is 1. The average molecular weight is 257 g/mol. The summed E-state index contributed by atoms with van der Waals surface area (Å²) in [4.78, 5) is 5.93. The van der Waals surface area contributed by atoms with E-state index in [1.54, 1.807) is 0 Å². The van der Waals surface area contributed by atoms with Crippen LogP contribution in [-0.2, 0) is 6.42 Å². The molecule has 2 heterocycles. The van der Waals surface area contributed by atoms with Gasteiger partial charge in [-0.25, -0.2) is 0 Å². The molecule has 3 heteroatoms. The van der Waals surface area contributed by atoms with E-state index in [1.165, 1.54) is 42.4 Å². The van der Waals surface area contributed by atoms with Crippen LogP contribution in [0.4, 0.5) is 0 Å². The molecule has 1 atom stereocenters. The number of H-pyrrole nitrogens is 1. The highest BCUT2D eigenvalue weighted by molar-refractivity contribution is 5.83. The fourth-order valence-corrected chi connectivity index (χ4v) is 3.16. The van der Waals surface area contributed by atoms with E-state index in [0.29, 0.717) is 5.92 Å². The van der Waals surface area contributed by atoms with Crippen molar-refractivity contribution < 1.29 is 0 Å². The molecule has 0 saturated carbocycles. The molecule has 19 heavy (non-hydrogen) atoms. The van der Waals surface area contributed by atoms with E-state index < -0.39 is 0 Å². The van der Waals surface area contributed by atoms with E-state index in [9.17, 15) is 0 Å². The topological polar surface area (TPSA) is 45.0 Å². The molecule has 1 saturated heterocycles. The normalized spacial score (nSPS) is 21.0. The van der Waals surface area contributed by atoms with Gasteiger partial charge in [0.15, 0.2) is 0 Å². The van der Waals surface area contributed by atoms with Crippen molar-refractivity contribution in [3.63, 3.8) is 0 Å². The summed E-state index contributed by atoms with van der Waals surface area (Å²) in [5, 5.41) is 1.37. The van der Waals surface area contributed by atoms with Crippen LogP contribution < -0.4 is 5.73 Å². The molecule has 0 spiro atoms. The second kappa shape index (κ2) is 5.76. The van der Waals surface area contributed by atoms with E-state index in [1.807, 2.05) is 0 Å². The third-order valence-corrected chi connectivity index (χ3v) is 4.31. The Morgan fingerprint density at radius 3 is 3.11 bits per heavy atom. The van der Waals surface area contributed by atoms with E-state index >= 15 is 0 Å². The minimum absolute atomic E-state index is 0.705. The van der Waals surface area contributed by atoms with Crippen molar-refractivity contribution in [1.29, 1.82) is 0 Å². The number of nitrogens with one attached hydrogen (secondary N) is 1. The first-order valence-corrected chi connectivity index (χ1v) is 7.34. The molecule has 0 bridgehead atoms. The molecule has 1 aliphatic rings. The maximum absolute atomic E-state index is 5.80. The van der Waals surface area contributed by atoms with Gasteiger partial charge in [0.2, 0.25) is 0 Å². The number of nitrogens with two attached hydrogens (primary N) is 1. The first-order valence-electron chi connectivity index (χ1n) is 7.34. The fraction of sp³-hybridized carbons (Fsp3) is 0.500. The number of nitrogens with zero attached hydrogens (tertiary/aromatic N) is 1. The van der Waals surface area contributed by atoms with Crippen molar-refractivity contribution in [2.45, 2.75) is 19.3 Å². The average Bonchev–Trinajstić information content (AvgIpc) is 2.89. The highest BCUT2D eigenvalue weighted by Gasteiger charge is 2.18. The van der Waals surface area contributed by atoms with E-state index in [4.69, 9.17) is 5.73 Å². The molecule has 1 unspecified atom stereocenters. The largest absolute Gasteiger partial charge is 0.361 e. The Morgan fingerprint density at radius 1 is 1.32 bits per heavy atom. The SMILES string of the molecule is NCC1CCCN(CCc2c[nH]c3ccccc23)C1. The first-order chi connectivity index (χ1) is 9.36. The first kappa shape index (κ1) is 12.7. The van der Waals surface area contributed by atoms with Gasteiger partial charge in [-0.05, 0) is 49.9 Å². The number of likely N-dealkylation sites (tertiary alicyclic amines) is 1. The van der Waals surface area contributed by atoms with Gasteiger partial charge >= 0.3 is 0 Å². The molecule has 0 aliphatic carbocycles. The summed E-state index contributed by atoms with van der Waals surface area (Å²) in [6.45, 7) is 4.40. The van der Waals surface area contributed by atoms with Crippen LogP contribution in [0.15, 0.2) is 30.5 Å². The van der Waals surface area contributed by atoms with Crippen LogP contribution in [-0.4, -0.2) is 36.1 Å². The molecule has 1 aliphatic heterocycles. The van der Waals surface area contributed by atoms with Gasteiger partial charge in [0.25, 0.3) is 0 Å². The number of aromatic amines is 1. The van der Waals surface area contributed by atoms with Gasteiger partial charge < -0.3 is 15.6 Å². The molecule has 1 fully saturated rings.